The van der Waals surface area contributed by atoms with Crippen LogP contribution in [0, 0.1) is 5.82 Å². The van der Waals surface area contributed by atoms with Crippen molar-refractivity contribution in [2.24, 2.45) is 0 Å². The van der Waals surface area contributed by atoms with Crippen LogP contribution in [0.15, 0.2) is 53.4 Å². The normalized spacial score (nSPS) is 11.7. The van der Waals surface area contributed by atoms with Gasteiger partial charge in [0.15, 0.2) is 5.76 Å². The van der Waals surface area contributed by atoms with E-state index < -0.39 is 0 Å². The molecule has 0 saturated carbocycles. The van der Waals surface area contributed by atoms with Gasteiger partial charge in [-0.25, -0.2) is 13.9 Å². The molecule has 5 rings (SSSR count). The fourth-order valence-corrected chi connectivity index (χ4v) is 3.53. The molecule has 0 fully saturated rings. The van der Waals surface area contributed by atoms with Gasteiger partial charge in [0.05, 0.1) is 12.5 Å². The van der Waals surface area contributed by atoms with Crippen molar-refractivity contribution >= 4 is 27.2 Å². The summed E-state index contributed by atoms with van der Waals surface area (Å²) < 4.78 is 20.6. The highest BCUT2D eigenvalue weighted by Gasteiger charge is 2.15. The maximum absolute atomic E-state index is 13.5. The Labute approximate surface area is 133 Å². The fourth-order valence-electron chi connectivity index (χ4n) is 2.62. The maximum Gasteiger partial charge on any atom is 0.213 e. The summed E-state index contributed by atoms with van der Waals surface area (Å²) in [7, 11) is 0. The van der Waals surface area contributed by atoms with Crippen LogP contribution in [0.2, 0.25) is 0 Å². The second-order valence-electron chi connectivity index (χ2n) is 5.13. The highest BCUT2D eigenvalue weighted by Crippen LogP contribution is 2.33. The molecule has 0 atom stereocenters. The molecule has 0 aliphatic heterocycles. The Morgan fingerprint density at radius 3 is 3.04 bits per heavy atom. The lowest BCUT2D eigenvalue weighted by Crippen LogP contribution is -1.82. The van der Waals surface area contributed by atoms with Crippen molar-refractivity contribution < 1.29 is 8.81 Å². The van der Waals surface area contributed by atoms with E-state index >= 15 is 0 Å². The van der Waals surface area contributed by atoms with E-state index in [1.165, 1.54) is 23.5 Å². The standard InChI is InChI=1S/C16H9FN4OS/c17-9-3-4-12-10(6-9)11(7-18-12)15-20-21-8-13(19-16(21)23-15)14-2-1-5-22-14/h1-8,18H. The molecule has 7 heteroatoms. The zero-order chi connectivity index (χ0) is 15.4. The number of rotatable bonds is 2. The van der Waals surface area contributed by atoms with Crippen LogP contribution < -0.4 is 0 Å². The molecule has 0 spiro atoms. The van der Waals surface area contributed by atoms with Gasteiger partial charge in [0, 0.05) is 22.7 Å². The molecule has 5 aromatic rings. The molecule has 0 radical (unpaired) electrons. The Bertz CT molecular complexity index is 1100. The van der Waals surface area contributed by atoms with Gasteiger partial charge in [0.25, 0.3) is 0 Å². The number of fused-ring (bicyclic) bond motifs is 2. The third kappa shape index (κ3) is 1.90. The van der Waals surface area contributed by atoms with E-state index in [-0.39, 0.29) is 5.82 Å². The Morgan fingerprint density at radius 1 is 1.26 bits per heavy atom. The molecule has 0 aliphatic carbocycles. The van der Waals surface area contributed by atoms with Crippen LogP contribution in [0.5, 0.6) is 0 Å². The Hall–Kier alpha value is -2.93. The number of furan rings is 1. The van der Waals surface area contributed by atoms with Crippen LogP contribution in [-0.4, -0.2) is 19.6 Å². The van der Waals surface area contributed by atoms with E-state index in [0.29, 0.717) is 5.76 Å². The number of imidazole rings is 1. The van der Waals surface area contributed by atoms with Gasteiger partial charge in [-0.15, -0.1) is 0 Å². The SMILES string of the molecule is Fc1ccc2[nH]cc(-c3nn4cc(-c5ccco5)nc4s3)c2c1. The number of nitrogens with zero attached hydrogens (tertiary/aromatic N) is 3. The van der Waals surface area contributed by atoms with Crippen LogP contribution >= 0.6 is 11.3 Å². The van der Waals surface area contributed by atoms with E-state index in [2.05, 4.69) is 15.1 Å². The van der Waals surface area contributed by atoms with Gasteiger partial charge in [-0.2, -0.15) is 5.10 Å². The largest absolute Gasteiger partial charge is 0.463 e. The summed E-state index contributed by atoms with van der Waals surface area (Å²) in [5.74, 6) is 0.443. The average molecular weight is 324 g/mol. The molecule has 0 saturated heterocycles. The van der Waals surface area contributed by atoms with E-state index in [1.807, 2.05) is 24.5 Å². The highest BCUT2D eigenvalue weighted by molar-refractivity contribution is 7.20. The lowest BCUT2D eigenvalue weighted by atomic mass is 10.2. The third-order valence-electron chi connectivity index (χ3n) is 3.69. The van der Waals surface area contributed by atoms with Crippen LogP contribution in [0.25, 0.3) is 37.9 Å². The van der Waals surface area contributed by atoms with Gasteiger partial charge in [0.2, 0.25) is 4.96 Å². The molecule has 0 unspecified atom stereocenters. The Balaban J connectivity index is 1.65. The molecule has 0 bridgehead atoms. The number of hydrogen-bond acceptors (Lipinski definition) is 4. The predicted octanol–water partition coefficient (Wildman–Crippen LogP) is 4.34. The minimum Gasteiger partial charge on any atom is -0.463 e. The highest BCUT2D eigenvalue weighted by atomic mass is 32.1. The number of nitrogens with one attached hydrogen (secondary N) is 1. The molecular weight excluding hydrogens is 315 g/mol. The van der Waals surface area contributed by atoms with Gasteiger partial charge in [0.1, 0.15) is 16.5 Å². The Kier molecular flexibility index (Phi) is 2.48. The molecule has 4 heterocycles. The van der Waals surface area contributed by atoms with Crippen molar-refractivity contribution in [2.45, 2.75) is 0 Å². The van der Waals surface area contributed by atoms with Crippen LogP contribution in [0.4, 0.5) is 4.39 Å². The number of benzene rings is 1. The van der Waals surface area contributed by atoms with Gasteiger partial charge >= 0.3 is 0 Å². The van der Waals surface area contributed by atoms with Crippen molar-refractivity contribution in [2.75, 3.05) is 0 Å². The quantitative estimate of drug-likeness (QED) is 0.525. The first-order chi connectivity index (χ1) is 11.3. The third-order valence-corrected chi connectivity index (χ3v) is 4.65. The predicted molar refractivity (Wildman–Crippen MR) is 85.8 cm³/mol. The molecule has 0 aliphatic rings. The lowest BCUT2D eigenvalue weighted by Gasteiger charge is -1.94. The number of halogens is 1. The molecular formula is C16H9FN4OS. The summed E-state index contributed by atoms with van der Waals surface area (Å²) in [6.45, 7) is 0. The fraction of sp³-hybridized carbons (Fsp3) is 0. The molecule has 0 amide bonds. The average Bonchev–Trinajstić information content (AvgIpc) is 3.28. The second-order valence-corrected chi connectivity index (χ2v) is 6.09. The summed E-state index contributed by atoms with van der Waals surface area (Å²) in [6, 6.07) is 8.35. The van der Waals surface area contributed by atoms with Crippen molar-refractivity contribution in [3.05, 3.63) is 54.8 Å². The molecule has 1 N–H and O–H groups in total. The van der Waals surface area contributed by atoms with Gasteiger partial charge < -0.3 is 9.40 Å². The topological polar surface area (TPSA) is 59.1 Å². The zero-order valence-corrected chi connectivity index (χ0v) is 12.5. The van der Waals surface area contributed by atoms with Crippen molar-refractivity contribution in [1.29, 1.82) is 0 Å². The first-order valence-electron chi connectivity index (χ1n) is 6.95. The summed E-state index contributed by atoms with van der Waals surface area (Å²) in [5.41, 5.74) is 2.49. The lowest BCUT2D eigenvalue weighted by molar-refractivity contribution is 0.580. The summed E-state index contributed by atoms with van der Waals surface area (Å²) >= 11 is 1.45. The molecule has 112 valence electrons. The number of H-pyrrole nitrogens is 1. The van der Waals surface area contributed by atoms with Gasteiger partial charge in [-0.1, -0.05) is 11.3 Å². The molecule has 1 aromatic carbocycles. The summed E-state index contributed by atoms with van der Waals surface area (Å²) in [6.07, 6.45) is 5.28. The van der Waals surface area contributed by atoms with Crippen LogP contribution in [0.3, 0.4) is 0 Å². The van der Waals surface area contributed by atoms with E-state index in [4.69, 9.17) is 4.42 Å². The second kappa shape index (κ2) is 4.53. The van der Waals surface area contributed by atoms with E-state index in [0.717, 1.165) is 32.1 Å². The molecule has 23 heavy (non-hydrogen) atoms. The van der Waals surface area contributed by atoms with Gasteiger partial charge in [-0.05, 0) is 30.3 Å². The smallest absolute Gasteiger partial charge is 0.213 e. The summed E-state index contributed by atoms with van der Waals surface area (Å²) in [5, 5.41) is 6.15. The monoisotopic (exact) mass is 324 g/mol. The van der Waals surface area contributed by atoms with Crippen LogP contribution in [0.1, 0.15) is 0 Å². The first-order valence-corrected chi connectivity index (χ1v) is 7.77. The van der Waals surface area contributed by atoms with Crippen molar-refractivity contribution in [3.8, 4) is 22.0 Å². The minimum absolute atomic E-state index is 0.264. The van der Waals surface area contributed by atoms with E-state index in [1.54, 1.807) is 16.8 Å². The zero-order valence-electron chi connectivity index (χ0n) is 11.7. The minimum atomic E-state index is -0.264. The summed E-state index contributed by atoms with van der Waals surface area (Å²) in [4.78, 5) is 8.43. The Morgan fingerprint density at radius 2 is 2.22 bits per heavy atom. The first kappa shape index (κ1) is 12.6. The molecule has 4 aromatic heterocycles. The number of hydrogen-bond donors (Lipinski definition) is 1. The number of aromatic amines is 1. The van der Waals surface area contributed by atoms with Crippen molar-refractivity contribution in [3.63, 3.8) is 0 Å². The van der Waals surface area contributed by atoms with Crippen molar-refractivity contribution in [1.82, 2.24) is 19.6 Å². The molecule has 5 nitrogen and oxygen atoms in total. The van der Waals surface area contributed by atoms with Gasteiger partial charge in [-0.3, -0.25) is 0 Å². The number of aromatic nitrogens is 4. The van der Waals surface area contributed by atoms with Crippen LogP contribution in [-0.2, 0) is 0 Å². The van der Waals surface area contributed by atoms with E-state index in [9.17, 15) is 4.39 Å². The maximum atomic E-state index is 13.5.